The minimum absolute atomic E-state index is 0.176. The van der Waals surface area contributed by atoms with E-state index in [0.29, 0.717) is 5.41 Å². The van der Waals surface area contributed by atoms with E-state index in [1.165, 1.54) is 6.42 Å². The van der Waals surface area contributed by atoms with Crippen LogP contribution in [-0.2, 0) is 0 Å². The zero-order valence-corrected chi connectivity index (χ0v) is 12.6. The van der Waals surface area contributed by atoms with Gasteiger partial charge in [0.1, 0.15) is 0 Å². The third kappa shape index (κ3) is 3.87. The molecule has 1 fully saturated rings. The van der Waals surface area contributed by atoms with Crippen LogP contribution in [0.3, 0.4) is 0 Å². The molecule has 106 valence electrons. The molecule has 3 heteroatoms. The second-order valence-electron chi connectivity index (χ2n) is 6.59. The quantitative estimate of drug-likeness (QED) is 0.801. The molecule has 1 aromatic carbocycles. The summed E-state index contributed by atoms with van der Waals surface area (Å²) in [4.78, 5) is 0. The Bertz CT molecular complexity index is 433. The van der Waals surface area contributed by atoms with Crippen molar-refractivity contribution in [2.45, 2.75) is 51.5 Å². The minimum atomic E-state index is -0.196. The van der Waals surface area contributed by atoms with Gasteiger partial charge in [-0.3, -0.25) is 0 Å². The molecule has 0 saturated heterocycles. The number of anilines is 1. The summed E-state index contributed by atoms with van der Waals surface area (Å²) >= 11 is 6.03. The summed E-state index contributed by atoms with van der Waals surface area (Å²) in [5.74, 6) is 0. The van der Waals surface area contributed by atoms with Crippen molar-refractivity contribution in [2.24, 2.45) is 5.41 Å². The van der Waals surface area contributed by atoms with Gasteiger partial charge in [0, 0.05) is 10.7 Å². The number of rotatable bonds is 3. The van der Waals surface area contributed by atoms with Crippen molar-refractivity contribution in [2.75, 3.05) is 11.9 Å². The van der Waals surface area contributed by atoms with Crippen LogP contribution in [0, 0.1) is 5.41 Å². The van der Waals surface area contributed by atoms with Gasteiger partial charge in [0.25, 0.3) is 0 Å². The molecule has 0 aromatic heterocycles. The third-order valence-corrected chi connectivity index (χ3v) is 4.56. The first-order valence-corrected chi connectivity index (χ1v) is 7.47. The van der Waals surface area contributed by atoms with Crippen LogP contribution in [0.4, 0.5) is 5.69 Å². The zero-order chi connectivity index (χ0) is 13.9. The molecule has 0 heterocycles. The lowest BCUT2D eigenvalue weighted by Crippen LogP contribution is -2.41. The summed E-state index contributed by atoms with van der Waals surface area (Å²) in [5.41, 5.74) is 1.19. The first kappa shape index (κ1) is 14.7. The molecule has 0 bridgehead atoms. The number of hydrogen-bond donors (Lipinski definition) is 2. The monoisotopic (exact) mass is 281 g/mol. The lowest BCUT2D eigenvalue weighted by Gasteiger charge is -2.34. The molecule has 0 amide bonds. The van der Waals surface area contributed by atoms with E-state index in [9.17, 15) is 5.11 Å². The van der Waals surface area contributed by atoms with Crippen LogP contribution >= 0.6 is 11.6 Å². The molecule has 2 nitrogen and oxygen atoms in total. The normalized spacial score (nSPS) is 26.7. The molecule has 1 aromatic rings. The summed E-state index contributed by atoms with van der Waals surface area (Å²) in [5, 5.41) is 14.1. The minimum Gasteiger partial charge on any atom is -0.394 e. The van der Waals surface area contributed by atoms with Gasteiger partial charge >= 0.3 is 0 Å². The fourth-order valence-corrected chi connectivity index (χ4v) is 3.12. The van der Waals surface area contributed by atoms with Crippen LogP contribution in [0.15, 0.2) is 24.3 Å². The van der Waals surface area contributed by atoms with Crippen LogP contribution in [0.1, 0.15) is 46.0 Å². The van der Waals surface area contributed by atoms with Crippen LogP contribution in [0.5, 0.6) is 0 Å². The zero-order valence-electron chi connectivity index (χ0n) is 11.9. The first-order chi connectivity index (χ1) is 8.95. The molecule has 1 atom stereocenters. The summed E-state index contributed by atoms with van der Waals surface area (Å²) < 4.78 is 0. The number of halogens is 1. The van der Waals surface area contributed by atoms with Crippen LogP contribution in [-0.4, -0.2) is 17.3 Å². The largest absolute Gasteiger partial charge is 0.394 e. The Morgan fingerprint density at radius 2 is 2.00 bits per heavy atom. The Balaban J connectivity index is 2.14. The topological polar surface area (TPSA) is 32.3 Å². The van der Waals surface area contributed by atoms with E-state index in [1.54, 1.807) is 0 Å². The summed E-state index contributed by atoms with van der Waals surface area (Å²) in [6.45, 7) is 4.81. The van der Waals surface area contributed by atoms with E-state index in [0.717, 1.165) is 36.4 Å². The standard InChI is InChI=1S/C16H24ClNO/c1-15(2)7-4-8-16(12-19,10-9-15)18-14-6-3-5-13(17)11-14/h3,5-6,11,18-19H,4,7-10,12H2,1-2H3. The molecule has 0 aliphatic heterocycles. The number of nitrogens with one attached hydrogen (secondary N) is 1. The maximum absolute atomic E-state index is 9.87. The van der Waals surface area contributed by atoms with E-state index in [-0.39, 0.29) is 12.1 Å². The Labute approximate surface area is 121 Å². The van der Waals surface area contributed by atoms with Gasteiger partial charge in [-0.2, -0.15) is 0 Å². The smallest absolute Gasteiger partial charge is 0.0661 e. The van der Waals surface area contributed by atoms with Gasteiger partial charge < -0.3 is 10.4 Å². The Hall–Kier alpha value is -0.730. The number of aliphatic hydroxyl groups excluding tert-OH is 1. The van der Waals surface area contributed by atoms with E-state index in [2.05, 4.69) is 19.2 Å². The molecule has 1 aliphatic rings. The summed E-state index contributed by atoms with van der Waals surface area (Å²) in [6.07, 6.45) is 5.54. The maximum atomic E-state index is 9.87. The van der Waals surface area contributed by atoms with E-state index < -0.39 is 0 Å². The van der Waals surface area contributed by atoms with Crippen LogP contribution in [0.25, 0.3) is 0 Å². The van der Waals surface area contributed by atoms with Crippen molar-refractivity contribution >= 4 is 17.3 Å². The maximum Gasteiger partial charge on any atom is 0.0661 e. The summed E-state index contributed by atoms with van der Waals surface area (Å²) in [6, 6.07) is 7.75. The fourth-order valence-electron chi connectivity index (χ4n) is 2.93. The SMILES string of the molecule is CC1(C)CCCC(CO)(Nc2cccc(Cl)c2)CC1. The molecule has 1 unspecified atom stereocenters. The predicted octanol–water partition coefficient (Wildman–Crippen LogP) is 4.47. The highest BCUT2D eigenvalue weighted by Crippen LogP contribution is 2.39. The van der Waals surface area contributed by atoms with Crippen molar-refractivity contribution in [3.05, 3.63) is 29.3 Å². The van der Waals surface area contributed by atoms with Crippen molar-refractivity contribution in [1.82, 2.24) is 0 Å². The van der Waals surface area contributed by atoms with Crippen LogP contribution in [0.2, 0.25) is 5.02 Å². The Morgan fingerprint density at radius 3 is 2.68 bits per heavy atom. The van der Waals surface area contributed by atoms with E-state index in [1.807, 2.05) is 24.3 Å². The fraction of sp³-hybridized carbons (Fsp3) is 0.625. The molecule has 0 radical (unpaired) electrons. The van der Waals surface area contributed by atoms with Gasteiger partial charge in [-0.25, -0.2) is 0 Å². The average Bonchev–Trinajstić information content (AvgIpc) is 2.49. The second-order valence-corrected chi connectivity index (χ2v) is 7.03. The molecule has 0 spiro atoms. The number of benzene rings is 1. The van der Waals surface area contributed by atoms with Crippen molar-refractivity contribution in [3.8, 4) is 0 Å². The molecule has 2 rings (SSSR count). The van der Waals surface area contributed by atoms with Gasteiger partial charge in [-0.05, 0) is 49.3 Å². The van der Waals surface area contributed by atoms with Crippen molar-refractivity contribution in [1.29, 1.82) is 0 Å². The van der Waals surface area contributed by atoms with Gasteiger partial charge in [-0.1, -0.05) is 37.9 Å². The molecule has 19 heavy (non-hydrogen) atoms. The Kier molecular flexibility index (Phi) is 4.42. The lowest BCUT2D eigenvalue weighted by atomic mass is 9.83. The molecular formula is C16H24ClNO. The van der Waals surface area contributed by atoms with E-state index in [4.69, 9.17) is 11.6 Å². The molecule has 2 N–H and O–H groups in total. The molecule has 1 saturated carbocycles. The molecular weight excluding hydrogens is 258 g/mol. The van der Waals surface area contributed by atoms with Gasteiger partial charge in [0.05, 0.1) is 12.1 Å². The Morgan fingerprint density at radius 1 is 1.21 bits per heavy atom. The van der Waals surface area contributed by atoms with E-state index >= 15 is 0 Å². The highest BCUT2D eigenvalue weighted by molar-refractivity contribution is 6.30. The van der Waals surface area contributed by atoms with Crippen molar-refractivity contribution in [3.63, 3.8) is 0 Å². The molecule has 1 aliphatic carbocycles. The second kappa shape index (κ2) is 5.72. The van der Waals surface area contributed by atoms with Gasteiger partial charge in [0.15, 0.2) is 0 Å². The van der Waals surface area contributed by atoms with Crippen LogP contribution < -0.4 is 5.32 Å². The highest BCUT2D eigenvalue weighted by Gasteiger charge is 2.35. The predicted molar refractivity (Wildman–Crippen MR) is 81.8 cm³/mol. The van der Waals surface area contributed by atoms with Crippen molar-refractivity contribution < 1.29 is 5.11 Å². The average molecular weight is 282 g/mol. The lowest BCUT2D eigenvalue weighted by molar-refractivity contribution is 0.191. The van der Waals surface area contributed by atoms with Gasteiger partial charge in [0.2, 0.25) is 0 Å². The number of hydrogen-bond acceptors (Lipinski definition) is 2. The van der Waals surface area contributed by atoms with Gasteiger partial charge in [-0.15, -0.1) is 0 Å². The third-order valence-electron chi connectivity index (χ3n) is 4.33. The summed E-state index contributed by atoms with van der Waals surface area (Å²) in [7, 11) is 0. The number of aliphatic hydroxyl groups is 1. The first-order valence-electron chi connectivity index (χ1n) is 7.09. The highest BCUT2D eigenvalue weighted by atomic mass is 35.5.